The van der Waals surface area contributed by atoms with E-state index in [0.717, 1.165) is 11.3 Å². The molecule has 1 aromatic rings. The Morgan fingerprint density at radius 2 is 1.79 bits per heavy atom. The molecule has 4 nitrogen and oxygen atoms in total. The minimum absolute atomic E-state index is 0.0687. The quantitative estimate of drug-likeness (QED) is 0.735. The molecule has 0 spiro atoms. The maximum absolute atomic E-state index is 12.0. The van der Waals surface area contributed by atoms with Gasteiger partial charge < -0.3 is 15.7 Å². The Balaban J connectivity index is 2.51. The summed E-state index contributed by atoms with van der Waals surface area (Å²) in [7, 11) is 0. The second-order valence-electron chi connectivity index (χ2n) is 5.19. The van der Waals surface area contributed by atoms with E-state index in [1.165, 1.54) is 0 Å². The molecule has 4 heteroatoms. The number of hydrogen-bond acceptors (Lipinski definition) is 3. The largest absolute Gasteiger partial charge is 0.396 e. The van der Waals surface area contributed by atoms with Gasteiger partial charge >= 0.3 is 0 Å². The second-order valence-corrected chi connectivity index (χ2v) is 5.19. The molecule has 3 atom stereocenters. The predicted molar refractivity (Wildman–Crippen MR) is 78.1 cm³/mol. The van der Waals surface area contributed by atoms with Gasteiger partial charge in [0.25, 0.3) is 0 Å². The normalized spacial score (nSPS) is 15.6. The predicted octanol–water partition coefficient (Wildman–Crippen LogP) is 1.93. The summed E-state index contributed by atoms with van der Waals surface area (Å²) in [6.45, 7) is 7.86. The van der Waals surface area contributed by atoms with Crippen LogP contribution in [0.4, 0.5) is 5.69 Å². The fourth-order valence-electron chi connectivity index (χ4n) is 1.68. The molecule has 19 heavy (non-hydrogen) atoms. The first kappa shape index (κ1) is 15.7. The van der Waals surface area contributed by atoms with Gasteiger partial charge in [0.05, 0.1) is 6.04 Å². The molecule has 0 saturated heterocycles. The molecule has 1 rings (SSSR count). The third kappa shape index (κ3) is 5.01. The van der Waals surface area contributed by atoms with Crippen molar-refractivity contribution in [3.63, 3.8) is 0 Å². The topological polar surface area (TPSA) is 61.4 Å². The molecule has 0 aliphatic carbocycles. The van der Waals surface area contributed by atoms with E-state index in [2.05, 4.69) is 10.6 Å². The first-order chi connectivity index (χ1) is 8.93. The monoisotopic (exact) mass is 264 g/mol. The molecule has 0 aromatic heterocycles. The molecule has 0 aliphatic rings. The van der Waals surface area contributed by atoms with Crippen molar-refractivity contribution in [1.29, 1.82) is 0 Å². The first-order valence-electron chi connectivity index (χ1n) is 6.68. The molecule has 0 bridgehead atoms. The van der Waals surface area contributed by atoms with Crippen molar-refractivity contribution < 1.29 is 9.90 Å². The van der Waals surface area contributed by atoms with E-state index in [1.807, 2.05) is 52.0 Å². The van der Waals surface area contributed by atoms with Crippen LogP contribution in [0, 0.1) is 12.8 Å². The van der Waals surface area contributed by atoms with Crippen LogP contribution in [0.1, 0.15) is 26.3 Å². The molecule has 0 radical (unpaired) electrons. The summed E-state index contributed by atoms with van der Waals surface area (Å²) < 4.78 is 0. The van der Waals surface area contributed by atoms with Crippen LogP contribution in [0.15, 0.2) is 24.3 Å². The van der Waals surface area contributed by atoms with E-state index < -0.39 is 0 Å². The van der Waals surface area contributed by atoms with E-state index in [1.54, 1.807) is 0 Å². The van der Waals surface area contributed by atoms with Crippen molar-refractivity contribution in [2.24, 2.45) is 5.92 Å². The summed E-state index contributed by atoms with van der Waals surface area (Å²) in [5.41, 5.74) is 1.96. The number of aliphatic hydroxyl groups excluding tert-OH is 1. The molecular formula is C15H24N2O2. The van der Waals surface area contributed by atoms with Gasteiger partial charge in [-0.05, 0) is 38.8 Å². The maximum Gasteiger partial charge on any atom is 0.241 e. The number of amides is 1. The molecule has 106 valence electrons. The summed E-state index contributed by atoms with van der Waals surface area (Å²) in [5, 5.41) is 15.1. The van der Waals surface area contributed by atoms with Crippen molar-refractivity contribution in [2.75, 3.05) is 11.9 Å². The minimum atomic E-state index is -0.301. The van der Waals surface area contributed by atoms with Crippen LogP contribution in [0.5, 0.6) is 0 Å². The average Bonchev–Trinajstić information content (AvgIpc) is 2.40. The van der Waals surface area contributed by atoms with E-state index in [-0.39, 0.29) is 30.5 Å². The number of hydrogen-bond donors (Lipinski definition) is 3. The third-order valence-corrected chi connectivity index (χ3v) is 3.37. The van der Waals surface area contributed by atoms with Gasteiger partial charge in [0.2, 0.25) is 5.91 Å². The van der Waals surface area contributed by atoms with E-state index in [4.69, 9.17) is 5.11 Å². The second kappa shape index (κ2) is 7.26. The Morgan fingerprint density at radius 1 is 1.21 bits per heavy atom. The zero-order valence-corrected chi connectivity index (χ0v) is 12.1. The highest BCUT2D eigenvalue weighted by molar-refractivity contribution is 5.94. The van der Waals surface area contributed by atoms with Crippen LogP contribution >= 0.6 is 0 Å². The fraction of sp³-hybridized carbons (Fsp3) is 0.533. The first-order valence-corrected chi connectivity index (χ1v) is 6.68. The number of carbonyl (C=O) groups excluding carboxylic acids is 1. The molecule has 1 amide bonds. The summed E-state index contributed by atoms with van der Waals surface area (Å²) in [6.07, 6.45) is 0. The van der Waals surface area contributed by atoms with Gasteiger partial charge in [-0.2, -0.15) is 0 Å². The van der Waals surface area contributed by atoms with Crippen molar-refractivity contribution in [3.8, 4) is 0 Å². The lowest BCUT2D eigenvalue weighted by Gasteiger charge is -2.23. The Kier molecular flexibility index (Phi) is 5.99. The molecule has 3 unspecified atom stereocenters. The van der Waals surface area contributed by atoms with Gasteiger partial charge in [0.1, 0.15) is 0 Å². The van der Waals surface area contributed by atoms with Crippen LogP contribution in [-0.2, 0) is 4.79 Å². The zero-order chi connectivity index (χ0) is 14.4. The number of aryl methyl sites for hydroxylation is 1. The van der Waals surface area contributed by atoms with E-state index in [9.17, 15) is 4.79 Å². The van der Waals surface area contributed by atoms with Crippen molar-refractivity contribution in [1.82, 2.24) is 5.32 Å². The fourth-order valence-corrected chi connectivity index (χ4v) is 1.68. The summed E-state index contributed by atoms with van der Waals surface area (Å²) in [5.74, 6) is 0.0514. The van der Waals surface area contributed by atoms with Crippen LogP contribution in [0.2, 0.25) is 0 Å². The Labute approximate surface area is 115 Å². The van der Waals surface area contributed by atoms with Crippen molar-refractivity contribution in [2.45, 2.75) is 39.8 Å². The molecule has 1 aromatic carbocycles. The molecule has 0 aliphatic heterocycles. The third-order valence-electron chi connectivity index (χ3n) is 3.37. The van der Waals surface area contributed by atoms with E-state index in [0.29, 0.717) is 0 Å². The highest BCUT2D eigenvalue weighted by Crippen LogP contribution is 2.09. The standard InChI is InChI=1S/C15H24N2O2/c1-10-5-7-14(8-6-10)17-15(19)13(4)16-12(3)11(2)9-18/h5-8,11-13,16,18H,9H2,1-4H3,(H,17,19). The Morgan fingerprint density at radius 3 is 2.32 bits per heavy atom. The van der Waals surface area contributed by atoms with Gasteiger partial charge in [0, 0.05) is 18.3 Å². The number of benzene rings is 1. The number of rotatable bonds is 6. The lowest BCUT2D eigenvalue weighted by atomic mass is 10.0. The SMILES string of the molecule is Cc1ccc(NC(=O)C(C)NC(C)C(C)CO)cc1. The molecule has 0 heterocycles. The van der Waals surface area contributed by atoms with Crippen molar-refractivity contribution in [3.05, 3.63) is 29.8 Å². The smallest absolute Gasteiger partial charge is 0.241 e. The highest BCUT2D eigenvalue weighted by Gasteiger charge is 2.18. The Hall–Kier alpha value is -1.39. The summed E-state index contributed by atoms with van der Waals surface area (Å²) >= 11 is 0. The molecule has 3 N–H and O–H groups in total. The minimum Gasteiger partial charge on any atom is -0.396 e. The lowest BCUT2D eigenvalue weighted by molar-refractivity contribution is -0.118. The van der Waals surface area contributed by atoms with Crippen LogP contribution in [0.25, 0.3) is 0 Å². The average molecular weight is 264 g/mol. The maximum atomic E-state index is 12.0. The van der Waals surface area contributed by atoms with Gasteiger partial charge in [0.15, 0.2) is 0 Å². The van der Waals surface area contributed by atoms with Crippen LogP contribution < -0.4 is 10.6 Å². The van der Waals surface area contributed by atoms with Gasteiger partial charge in [-0.1, -0.05) is 24.6 Å². The molecular weight excluding hydrogens is 240 g/mol. The Bertz CT molecular complexity index is 403. The summed E-state index contributed by atoms with van der Waals surface area (Å²) in [4.78, 5) is 12.0. The van der Waals surface area contributed by atoms with Gasteiger partial charge in [-0.3, -0.25) is 4.79 Å². The van der Waals surface area contributed by atoms with Crippen LogP contribution in [-0.4, -0.2) is 29.7 Å². The zero-order valence-electron chi connectivity index (χ0n) is 12.1. The van der Waals surface area contributed by atoms with Gasteiger partial charge in [-0.15, -0.1) is 0 Å². The summed E-state index contributed by atoms with van der Waals surface area (Å²) in [6, 6.07) is 7.49. The highest BCUT2D eigenvalue weighted by atomic mass is 16.3. The number of nitrogens with one attached hydrogen (secondary N) is 2. The van der Waals surface area contributed by atoms with E-state index >= 15 is 0 Å². The number of carbonyl (C=O) groups is 1. The van der Waals surface area contributed by atoms with Crippen molar-refractivity contribution >= 4 is 11.6 Å². The van der Waals surface area contributed by atoms with Gasteiger partial charge in [-0.25, -0.2) is 0 Å². The molecule has 0 saturated carbocycles. The van der Waals surface area contributed by atoms with Crippen LogP contribution in [0.3, 0.4) is 0 Å². The number of aliphatic hydroxyl groups is 1. The lowest BCUT2D eigenvalue weighted by Crippen LogP contribution is -2.45. The number of anilines is 1. The molecule has 0 fully saturated rings.